The SMILES string of the molecule is c1ccc(C2(c3ccccc3)c3ccccc3-c3c(N(c4cccc(-c5ccc(-c6cccc7ccccc67)cc5)c4)c4ccccc4-c4ccc5c(c4)oc4ccccc45)cccc32)cc1. The molecule has 0 saturated heterocycles. The van der Waals surface area contributed by atoms with Gasteiger partial charge in [-0.05, 0) is 109 Å². The second-order valence-electron chi connectivity index (χ2n) is 17.5. The van der Waals surface area contributed by atoms with Gasteiger partial charge in [-0.15, -0.1) is 0 Å². The van der Waals surface area contributed by atoms with Gasteiger partial charge in [0.1, 0.15) is 11.2 Å². The summed E-state index contributed by atoms with van der Waals surface area (Å²) in [5.74, 6) is 0. The van der Waals surface area contributed by atoms with E-state index in [1.165, 1.54) is 55.3 Å². The second kappa shape index (κ2) is 15.8. The van der Waals surface area contributed by atoms with Crippen LogP contribution in [-0.2, 0) is 5.41 Å². The average Bonchev–Trinajstić information content (AvgIpc) is 3.93. The Morgan fingerprint density at radius 2 is 0.881 bits per heavy atom. The lowest BCUT2D eigenvalue weighted by Crippen LogP contribution is -2.28. The number of fused-ring (bicyclic) bond motifs is 7. The molecule has 0 fully saturated rings. The summed E-state index contributed by atoms with van der Waals surface area (Å²) in [6, 6.07) is 95.1. The van der Waals surface area contributed by atoms with E-state index in [0.717, 1.165) is 61.3 Å². The van der Waals surface area contributed by atoms with Gasteiger partial charge in [-0.3, -0.25) is 0 Å². The van der Waals surface area contributed by atoms with Gasteiger partial charge < -0.3 is 9.32 Å². The first-order chi connectivity index (χ1) is 33.2. The Balaban J connectivity index is 1.04. The van der Waals surface area contributed by atoms with Crippen molar-refractivity contribution in [2.24, 2.45) is 0 Å². The Morgan fingerprint density at radius 1 is 0.313 bits per heavy atom. The van der Waals surface area contributed by atoms with Crippen LogP contribution >= 0.6 is 0 Å². The number of nitrogens with zero attached hydrogens (tertiary/aromatic N) is 1. The second-order valence-corrected chi connectivity index (χ2v) is 17.5. The fourth-order valence-corrected chi connectivity index (χ4v) is 11.0. The zero-order chi connectivity index (χ0) is 44.3. The van der Waals surface area contributed by atoms with Gasteiger partial charge in [0.2, 0.25) is 0 Å². The highest BCUT2D eigenvalue weighted by atomic mass is 16.3. The Bertz CT molecular complexity index is 3760. The van der Waals surface area contributed by atoms with Gasteiger partial charge in [0.25, 0.3) is 0 Å². The summed E-state index contributed by atoms with van der Waals surface area (Å²) in [7, 11) is 0. The number of benzene rings is 11. The third-order valence-corrected chi connectivity index (χ3v) is 14.0. The van der Waals surface area contributed by atoms with E-state index in [1.807, 2.05) is 12.1 Å². The topological polar surface area (TPSA) is 16.4 Å². The van der Waals surface area contributed by atoms with Crippen LogP contribution in [0, 0.1) is 0 Å². The van der Waals surface area contributed by atoms with E-state index in [-0.39, 0.29) is 0 Å². The number of anilines is 3. The summed E-state index contributed by atoms with van der Waals surface area (Å²) < 4.78 is 6.50. The van der Waals surface area contributed by atoms with E-state index < -0.39 is 5.41 Å². The van der Waals surface area contributed by atoms with Crippen LogP contribution < -0.4 is 4.90 Å². The van der Waals surface area contributed by atoms with Gasteiger partial charge in [-0.2, -0.15) is 0 Å². The molecule has 13 rings (SSSR count). The van der Waals surface area contributed by atoms with Crippen molar-refractivity contribution in [3.63, 3.8) is 0 Å². The van der Waals surface area contributed by atoms with Gasteiger partial charge in [-0.25, -0.2) is 0 Å². The largest absolute Gasteiger partial charge is 0.456 e. The molecule has 1 heterocycles. The van der Waals surface area contributed by atoms with Crippen molar-refractivity contribution in [3.05, 3.63) is 283 Å². The van der Waals surface area contributed by atoms with Gasteiger partial charge in [-0.1, -0.05) is 218 Å². The molecule has 1 aliphatic carbocycles. The van der Waals surface area contributed by atoms with E-state index in [2.05, 4.69) is 254 Å². The molecular weight excluding hydrogens is 811 g/mol. The maximum Gasteiger partial charge on any atom is 0.136 e. The van der Waals surface area contributed by atoms with Crippen LogP contribution in [0.25, 0.3) is 77.2 Å². The minimum atomic E-state index is -0.546. The first-order valence-electron chi connectivity index (χ1n) is 23.1. The zero-order valence-electron chi connectivity index (χ0n) is 36.7. The van der Waals surface area contributed by atoms with Crippen molar-refractivity contribution >= 4 is 49.8 Å². The van der Waals surface area contributed by atoms with Crippen LogP contribution in [0.1, 0.15) is 22.3 Å². The predicted molar refractivity (Wildman–Crippen MR) is 280 cm³/mol. The molecule has 11 aromatic carbocycles. The predicted octanol–water partition coefficient (Wildman–Crippen LogP) is 17.6. The number of para-hydroxylation sites is 2. The monoisotopic (exact) mass is 853 g/mol. The van der Waals surface area contributed by atoms with Crippen LogP contribution in [0.3, 0.4) is 0 Å². The van der Waals surface area contributed by atoms with Crippen molar-refractivity contribution in [1.82, 2.24) is 0 Å². The lowest BCUT2D eigenvalue weighted by molar-refractivity contribution is 0.669. The quantitative estimate of drug-likeness (QED) is 0.151. The fraction of sp³-hybridized carbons (Fsp3) is 0.0154. The minimum Gasteiger partial charge on any atom is -0.456 e. The van der Waals surface area contributed by atoms with Crippen molar-refractivity contribution in [3.8, 4) is 44.5 Å². The standard InChI is InChI=1S/C65H43NO/c1-3-21-49(22-4-1)65(50-23-5-2-6-24-50)58-31-12-9-29-57(58)64-59(65)32-17-34-61(64)66(60-33-13-10-27-54(60)48-40-41-56-55-28-11-14-35-62(55)67-63(56)43-48)51-25-15-20-47(42-51)44-36-38-46(39-37-44)53-30-16-19-45-18-7-8-26-52(45)53/h1-43H. The van der Waals surface area contributed by atoms with Crippen molar-refractivity contribution < 1.29 is 4.42 Å². The molecule has 2 heteroatoms. The minimum absolute atomic E-state index is 0.546. The molecule has 0 amide bonds. The van der Waals surface area contributed by atoms with Crippen molar-refractivity contribution in [2.45, 2.75) is 5.41 Å². The molecule has 1 aromatic heterocycles. The van der Waals surface area contributed by atoms with E-state index in [4.69, 9.17) is 4.42 Å². The van der Waals surface area contributed by atoms with Crippen LogP contribution in [0.15, 0.2) is 265 Å². The molecule has 0 bridgehead atoms. The molecule has 0 unspecified atom stereocenters. The summed E-state index contributed by atoms with van der Waals surface area (Å²) in [6.07, 6.45) is 0. The van der Waals surface area contributed by atoms with Gasteiger partial charge in [0.05, 0.1) is 16.8 Å². The highest BCUT2D eigenvalue weighted by molar-refractivity contribution is 6.07. The summed E-state index contributed by atoms with van der Waals surface area (Å²) in [6.45, 7) is 0. The molecular formula is C65H43NO. The smallest absolute Gasteiger partial charge is 0.136 e. The number of hydrogen-bond donors (Lipinski definition) is 0. The van der Waals surface area contributed by atoms with Gasteiger partial charge >= 0.3 is 0 Å². The Morgan fingerprint density at radius 3 is 1.70 bits per heavy atom. The molecule has 67 heavy (non-hydrogen) atoms. The summed E-state index contributed by atoms with van der Waals surface area (Å²) in [5, 5.41) is 4.74. The fourth-order valence-electron chi connectivity index (χ4n) is 11.0. The van der Waals surface area contributed by atoms with E-state index in [1.54, 1.807) is 0 Å². The first kappa shape index (κ1) is 38.7. The normalized spacial score (nSPS) is 12.6. The maximum atomic E-state index is 6.50. The lowest BCUT2D eigenvalue weighted by atomic mass is 9.68. The summed E-state index contributed by atoms with van der Waals surface area (Å²) >= 11 is 0. The molecule has 0 radical (unpaired) electrons. The Hall–Kier alpha value is -8.72. The lowest BCUT2D eigenvalue weighted by Gasteiger charge is -2.34. The molecule has 314 valence electrons. The summed E-state index contributed by atoms with van der Waals surface area (Å²) in [4.78, 5) is 2.49. The highest BCUT2D eigenvalue weighted by Gasteiger charge is 2.47. The molecule has 0 spiro atoms. The number of furan rings is 1. The highest BCUT2D eigenvalue weighted by Crippen LogP contribution is 2.60. The molecule has 12 aromatic rings. The third kappa shape index (κ3) is 6.18. The average molecular weight is 854 g/mol. The summed E-state index contributed by atoms with van der Waals surface area (Å²) in [5.41, 5.74) is 18.9. The Kier molecular flexibility index (Phi) is 9.11. The molecule has 0 saturated carbocycles. The van der Waals surface area contributed by atoms with E-state index in [0.29, 0.717) is 0 Å². The van der Waals surface area contributed by atoms with Crippen LogP contribution in [0.5, 0.6) is 0 Å². The van der Waals surface area contributed by atoms with Crippen LogP contribution in [-0.4, -0.2) is 0 Å². The first-order valence-corrected chi connectivity index (χ1v) is 23.1. The Labute approximate surface area is 390 Å². The molecule has 0 N–H and O–H groups in total. The van der Waals surface area contributed by atoms with E-state index >= 15 is 0 Å². The van der Waals surface area contributed by atoms with Crippen molar-refractivity contribution in [2.75, 3.05) is 4.90 Å². The maximum absolute atomic E-state index is 6.50. The van der Waals surface area contributed by atoms with Gasteiger partial charge in [0.15, 0.2) is 0 Å². The number of rotatable bonds is 8. The van der Waals surface area contributed by atoms with Crippen molar-refractivity contribution in [1.29, 1.82) is 0 Å². The number of hydrogen-bond acceptors (Lipinski definition) is 2. The molecule has 0 atom stereocenters. The van der Waals surface area contributed by atoms with Crippen LogP contribution in [0.2, 0.25) is 0 Å². The molecule has 2 nitrogen and oxygen atoms in total. The third-order valence-electron chi connectivity index (χ3n) is 14.0. The molecule has 1 aliphatic rings. The van der Waals surface area contributed by atoms with Gasteiger partial charge in [0, 0.05) is 27.6 Å². The van der Waals surface area contributed by atoms with Crippen LogP contribution in [0.4, 0.5) is 17.1 Å². The molecule has 0 aliphatic heterocycles. The van der Waals surface area contributed by atoms with E-state index in [9.17, 15) is 0 Å². The zero-order valence-corrected chi connectivity index (χ0v) is 36.7.